The first-order valence-electron chi connectivity index (χ1n) is 5.27. The molecule has 0 aliphatic rings. The Balaban J connectivity index is 2.33. The van der Waals surface area contributed by atoms with Crippen molar-refractivity contribution < 1.29 is 0 Å². The number of rotatable bonds is 3. The zero-order valence-electron chi connectivity index (χ0n) is 9.69. The average Bonchev–Trinajstić information content (AvgIpc) is 2.72. The summed E-state index contributed by atoms with van der Waals surface area (Å²) in [5.74, 6) is 0.915. The molecule has 16 heavy (non-hydrogen) atoms. The molecule has 0 saturated heterocycles. The van der Waals surface area contributed by atoms with E-state index in [0.29, 0.717) is 11.3 Å². The molecule has 5 nitrogen and oxygen atoms in total. The maximum Gasteiger partial charge on any atom is 0.195 e. The van der Waals surface area contributed by atoms with Crippen LogP contribution in [0.4, 0.5) is 0 Å². The molecule has 0 fully saturated rings. The van der Waals surface area contributed by atoms with E-state index in [1.807, 2.05) is 23.1 Å². The highest BCUT2D eigenvalue weighted by molar-refractivity contribution is 7.71. The van der Waals surface area contributed by atoms with E-state index in [4.69, 9.17) is 12.2 Å². The molecule has 0 saturated carbocycles. The third-order valence-electron chi connectivity index (χ3n) is 2.55. The monoisotopic (exact) mass is 237 g/mol. The number of nitrogens with zero attached hydrogens (tertiary/aromatic N) is 4. The van der Waals surface area contributed by atoms with Crippen LogP contribution in [0.2, 0.25) is 0 Å². The highest BCUT2D eigenvalue weighted by atomic mass is 32.1. The van der Waals surface area contributed by atoms with E-state index in [9.17, 15) is 0 Å². The molecule has 2 rings (SSSR count). The fraction of sp³-hybridized carbons (Fsp3) is 0.500. The Morgan fingerprint density at radius 1 is 1.44 bits per heavy atom. The second-order valence-corrected chi connectivity index (χ2v) is 4.16. The lowest BCUT2D eigenvalue weighted by Gasteiger charge is -2.05. The predicted octanol–water partition coefficient (Wildman–Crippen LogP) is 1.82. The molecule has 0 amide bonds. The van der Waals surface area contributed by atoms with Crippen LogP contribution in [-0.4, -0.2) is 24.5 Å². The van der Waals surface area contributed by atoms with E-state index in [2.05, 4.69) is 28.3 Å². The summed E-state index contributed by atoms with van der Waals surface area (Å²) in [5.41, 5.74) is 2.16. The molecule has 0 bridgehead atoms. The van der Waals surface area contributed by atoms with Gasteiger partial charge in [0.1, 0.15) is 6.54 Å². The van der Waals surface area contributed by atoms with E-state index in [-0.39, 0.29) is 0 Å². The van der Waals surface area contributed by atoms with Crippen LogP contribution in [0.25, 0.3) is 0 Å². The molecule has 2 aromatic heterocycles. The average molecular weight is 237 g/mol. The third kappa shape index (κ3) is 1.92. The van der Waals surface area contributed by atoms with Crippen molar-refractivity contribution in [2.24, 2.45) is 0 Å². The van der Waals surface area contributed by atoms with E-state index < -0.39 is 0 Å². The fourth-order valence-electron chi connectivity index (χ4n) is 1.77. The summed E-state index contributed by atoms with van der Waals surface area (Å²) in [6.45, 7) is 7.55. The van der Waals surface area contributed by atoms with Gasteiger partial charge in [0, 0.05) is 12.2 Å². The zero-order valence-corrected chi connectivity index (χ0v) is 10.5. The largest absolute Gasteiger partial charge is 0.303 e. The van der Waals surface area contributed by atoms with Crippen LogP contribution in [0.3, 0.4) is 0 Å². The summed E-state index contributed by atoms with van der Waals surface area (Å²) >= 11 is 5.14. The maximum absolute atomic E-state index is 5.14. The molecule has 6 heteroatoms. The van der Waals surface area contributed by atoms with Gasteiger partial charge in [-0.1, -0.05) is 0 Å². The van der Waals surface area contributed by atoms with Crippen LogP contribution in [0.5, 0.6) is 0 Å². The van der Waals surface area contributed by atoms with Crippen molar-refractivity contribution in [2.75, 3.05) is 0 Å². The van der Waals surface area contributed by atoms with Crippen LogP contribution in [0, 0.1) is 18.6 Å². The second kappa shape index (κ2) is 4.21. The minimum absolute atomic E-state index is 0.653. The summed E-state index contributed by atoms with van der Waals surface area (Å²) in [6.07, 6.45) is 0. The van der Waals surface area contributed by atoms with Gasteiger partial charge in [-0.15, -0.1) is 0 Å². The quantitative estimate of drug-likeness (QED) is 0.828. The predicted molar refractivity (Wildman–Crippen MR) is 63.9 cm³/mol. The summed E-state index contributed by atoms with van der Waals surface area (Å²) in [7, 11) is 0. The molecular formula is C10H15N5S. The molecule has 0 aromatic carbocycles. The third-order valence-corrected chi connectivity index (χ3v) is 2.86. The highest BCUT2D eigenvalue weighted by Gasteiger charge is 2.07. The van der Waals surface area contributed by atoms with Crippen LogP contribution < -0.4 is 0 Å². The molecule has 0 aliphatic carbocycles. The molecular weight excluding hydrogens is 222 g/mol. The fourth-order valence-corrected chi connectivity index (χ4v) is 2.05. The summed E-state index contributed by atoms with van der Waals surface area (Å²) < 4.78 is 4.58. The number of aryl methyl sites for hydroxylation is 2. The van der Waals surface area contributed by atoms with Gasteiger partial charge in [-0.05, 0) is 39.1 Å². The molecule has 86 valence electrons. The number of hydrogen-bond acceptors (Lipinski definition) is 3. The van der Waals surface area contributed by atoms with Gasteiger partial charge >= 0.3 is 0 Å². The maximum atomic E-state index is 5.14. The normalized spacial score (nSPS) is 10.9. The summed E-state index contributed by atoms with van der Waals surface area (Å²) in [5, 5.41) is 11.4. The van der Waals surface area contributed by atoms with Gasteiger partial charge in [-0.2, -0.15) is 10.2 Å². The van der Waals surface area contributed by atoms with Crippen molar-refractivity contribution in [1.29, 1.82) is 0 Å². The number of H-pyrrole nitrogens is 1. The van der Waals surface area contributed by atoms with Crippen LogP contribution >= 0.6 is 12.2 Å². The summed E-state index contributed by atoms with van der Waals surface area (Å²) in [4.78, 5) is 0. The minimum Gasteiger partial charge on any atom is -0.303 e. The van der Waals surface area contributed by atoms with Crippen LogP contribution in [0.1, 0.15) is 24.1 Å². The molecule has 0 atom stereocenters. The lowest BCUT2D eigenvalue weighted by molar-refractivity contribution is 0.589. The van der Waals surface area contributed by atoms with Gasteiger partial charge in [-0.25, -0.2) is 0 Å². The van der Waals surface area contributed by atoms with Gasteiger partial charge in [0.15, 0.2) is 10.6 Å². The van der Waals surface area contributed by atoms with E-state index in [0.717, 1.165) is 23.8 Å². The van der Waals surface area contributed by atoms with E-state index in [1.54, 1.807) is 0 Å². The number of aromatic amines is 1. The number of nitrogens with one attached hydrogen (secondary N) is 1. The smallest absolute Gasteiger partial charge is 0.195 e. The standard InChI is InChI=1S/C10H15N5S/c1-4-14-9(11-12-10(14)16)6-15-8(3)5-7(2)13-15/h5H,4,6H2,1-3H3,(H,12,16). The second-order valence-electron chi connectivity index (χ2n) is 3.77. The molecule has 0 spiro atoms. The first kappa shape index (κ1) is 11.1. The van der Waals surface area contributed by atoms with Gasteiger partial charge < -0.3 is 4.57 Å². The Hall–Kier alpha value is -1.43. The lowest BCUT2D eigenvalue weighted by Crippen LogP contribution is -2.10. The van der Waals surface area contributed by atoms with E-state index in [1.165, 1.54) is 0 Å². The van der Waals surface area contributed by atoms with Crippen molar-refractivity contribution in [2.45, 2.75) is 33.9 Å². The summed E-state index contributed by atoms with van der Waals surface area (Å²) in [6, 6.07) is 2.05. The van der Waals surface area contributed by atoms with Gasteiger partial charge in [0.2, 0.25) is 0 Å². The van der Waals surface area contributed by atoms with Crippen molar-refractivity contribution in [3.8, 4) is 0 Å². The van der Waals surface area contributed by atoms with Gasteiger partial charge in [0.25, 0.3) is 0 Å². The number of aromatic nitrogens is 5. The Morgan fingerprint density at radius 3 is 2.75 bits per heavy atom. The lowest BCUT2D eigenvalue weighted by atomic mass is 10.4. The molecule has 0 aliphatic heterocycles. The van der Waals surface area contributed by atoms with Crippen molar-refractivity contribution in [3.05, 3.63) is 28.0 Å². The Bertz CT molecular complexity index is 548. The van der Waals surface area contributed by atoms with Crippen LogP contribution in [-0.2, 0) is 13.1 Å². The van der Waals surface area contributed by atoms with Crippen molar-refractivity contribution in [1.82, 2.24) is 24.5 Å². The Labute approximate surface area is 99.1 Å². The Kier molecular flexibility index (Phi) is 2.91. The van der Waals surface area contributed by atoms with E-state index >= 15 is 0 Å². The molecule has 2 aromatic rings. The first-order valence-corrected chi connectivity index (χ1v) is 5.67. The zero-order chi connectivity index (χ0) is 11.7. The topological polar surface area (TPSA) is 51.4 Å². The van der Waals surface area contributed by atoms with Crippen molar-refractivity contribution >= 4 is 12.2 Å². The molecule has 1 N–H and O–H groups in total. The highest BCUT2D eigenvalue weighted by Crippen LogP contribution is 2.06. The molecule has 0 radical (unpaired) electrons. The van der Waals surface area contributed by atoms with Gasteiger partial charge in [0.05, 0.1) is 5.69 Å². The number of hydrogen-bond donors (Lipinski definition) is 1. The van der Waals surface area contributed by atoms with Crippen molar-refractivity contribution in [3.63, 3.8) is 0 Å². The Morgan fingerprint density at radius 2 is 2.19 bits per heavy atom. The van der Waals surface area contributed by atoms with Crippen LogP contribution in [0.15, 0.2) is 6.07 Å². The molecule has 2 heterocycles. The minimum atomic E-state index is 0.653. The van der Waals surface area contributed by atoms with Gasteiger partial charge in [-0.3, -0.25) is 9.78 Å². The SMILES string of the molecule is CCn1c(Cn2nc(C)cc2C)n[nH]c1=S. The molecule has 0 unspecified atom stereocenters. The first-order chi connectivity index (χ1) is 7.61.